The standard InChI is InChI=1S/C3H4O4.Co/c4-2(5)1-3(6)7;/h1H2,(H,4,5)(H,6,7);/q;+2/p-2. The molecule has 0 aliphatic rings. The summed E-state index contributed by atoms with van der Waals surface area (Å²) in [5.41, 5.74) is 0. The van der Waals surface area contributed by atoms with Crippen LogP contribution in [0.3, 0.4) is 0 Å². The van der Waals surface area contributed by atoms with Crippen LogP contribution in [0.5, 0.6) is 0 Å². The van der Waals surface area contributed by atoms with Crippen LogP contribution in [0.2, 0.25) is 0 Å². The number of aliphatic carboxylic acids is 2. The Morgan fingerprint density at radius 1 is 1.12 bits per heavy atom. The van der Waals surface area contributed by atoms with Crippen molar-refractivity contribution in [1.82, 2.24) is 0 Å². The molecule has 0 aliphatic carbocycles. The number of hydrogen-bond acceptors (Lipinski definition) is 4. The number of carbonyl (C=O) groups excluding carboxylic acids is 2. The van der Waals surface area contributed by atoms with Gasteiger partial charge in [0.15, 0.2) is 0 Å². The van der Waals surface area contributed by atoms with Crippen LogP contribution in [0.15, 0.2) is 0 Å². The van der Waals surface area contributed by atoms with Crippen molar-refractivity contribution < 1.29 is 36.6 Å². The van der Waals surface area contributed by atoms with Crippen LogP contribution in [0.4, 0.5) is 0 Å². The van der Waals surface area contributed by atoms with E-state index in [1.807, 2.05) is 0 Å². The summed E-state index contributed by atoms with van der Waals surface area (Å²) in [4.78, 5) is 18.6. The summed E-state index contributed by atoms with van der Waals surface area (Å²) in [6, 6.07) is 0. The quantitative estimate of drug-likeness (QED) is 0.401. The Balaban J connectivity index is 0. The molecule has 0 aliphatic heterocycles. The molecule has 47 valence electrons. The van der Waals surface area contributed by atoms with Gasteiger partial charge in [-0.3, -0.25) is 0 Å². The van der Waals surface area contributed by atoms with Crippen molar-refractivity contribution in [3.63, 3.8) is 0 Å². The Morgan fingerprint density at radius 2 is 1.38 bits per heavy atom. The molecule has 0 aromatic carbocycles. The first-order valence-corrected chi connectivity index (χ1v) is 1.52. The summed E-state index contributed by atoms with van der Waals surface area (Å²) in [6.07, 6.45) is -1.03. The summed E-state index contributed by atoms with van der Waals surface area (Å²) < 4.78 is 0. The van der Waals surface area contributed by atoms with Gasteiger partial charge >= 0.3 is 16.8 Å². The Hall–Kier alpha value is -0.554. The first-order valence-electron chi connectivity index (χ1n) is 1.52. The van der Waals surface area contributed by atoms with E-state index in [2.05, 4.69) is 0 Å². The number of rotatable bonds is 2. The van der Waals surface area contributed by atoms with Crippen molar-refractivity contribution in [2.75, 3.05) is 0 Å². The molecule has 0 heterocycles. The van der Waals surface area contributed by atoms with E-state index in [0.717, 1.165) is 0 Å². The average molecular weight is 161 g/mol. The molecule has 0 rings (SSSR count). The predicted octanol–water partition coefficient (Wildman–Crippen LogP) is -3.13. The molecule has 0 fully saturated rings. The maximum Gasteiger partial charge on any atom is 2.00 e. The fourth-order valence-corrected chi connectivity index (χ4v) is 0.118. The summed E-state index contributed by atoms with van der Waals surface area (Å²) in [6.45, 7) is 0. The third kappa shape index (κ3) is 9.07. The molecule has 0 amide bonds. The van der Waals surface area contributed by atoms with Gasteiger partial charge in [0.25, 0.3) is 0 Å². The van der Waals surface area contributed by atoms with Gasteiger partial charge in [0, 0.05) is 18.4 Å². The molecular weight excluding hydrogens is 159 g/mol. The normalized spacial score (nSPS) is 7.00. The van der Waals surface area contributed by atoms with Crippen LogP contribution >= 0.6 is 0 Å². The van der Waals surface area contributed by atoms with Crippen LogP contribution in [0, 0.1) is 0 Å². The van der Waals surface area contributed by atoms with E-state index in [4.69, 9.17) is 0 Å². The van der Waals surface area contributed by atoms with E-state index in [0.29, 0.717) is 0 Å². The minimum absolute atomic E-state index is 0. The van der Waals surface area contributed by atoms with E-state index >= 15 is 0 Å². The topological polar surface area (TPSA) is 80.3 Å². The maximum atomic E-state index is 9.28. The van der Waals surface area contributed by atoms with Crippen molar-refractivity contribution in [2.45, 2.75) is 6.42 Å². The zero-order valence-corrected chi connectivity index (χ0v) is 4.71. The molecule has 0 spiro atoms. The van der Waals surface area contributed by atoms with Crippen LogP contribution in [0.1, 0.15) is 6.42 Å². The second-order valence-corrected chi connectivity index (χ2v) is 0.921. The van der Waals surface area contributed by atoms with E-state index < -0.39 is 18.4 Å². The maximum absolute atomic E-state index is 9.28. The average Bonchev–Trinajstić information content (AvgIpc) is 1.27. The smallest absolute Gasteiger partial charge is 0.550 e. The van der Waals surface area contributed by atoms with Crippen LogP contribution < -0.4 is 10.2 Å². The summed E-state index contributed by atoms with van der Waals surface area (Å²) in [5, 5.41) is 18.6. The minimum atomic E-state index is -1.63. The summed E-state index contributed by atoms with van der Waals surface area (Å²) in [5.74, 6) is -3.25. The largest absolute Gasteiger partial charge is 2.00 e. The van der Waals surface area contributed by atoms with Crippen molar-refractivity contribution in [3.8, 4) is 0 Å². The van der Waals surface area contributed by atoms with Crippen molar-refractivity contribution in [1.29, 1.82) is 0 Å². The molecule has 0 aromatic heterocycles. The van der Waals surface area contributed by atoms with Gasteiger partial charge in [0.2, 0.25) is 0 Å². The molecule has 4 nitrogen and oxygen atoms in total. The minimum Gasteiger partial charge on any atom is -0.550 e. The zero-order chi connectivity index (χ0) is 5.86. The fraction of sp³-hybridized carbons (Fsp3) is 0.333. The van der Waals surface area contributed by atoms with E-state index in [9.17, 15) is 19.8 Å². The van der Waals surface area contributed by atoms with Crippen LogP contribution in [-0.4, -0.2) is 11.9 Å². The third-order valence-electron chi connectivity index (χ3n) is 0.289. The summed E-state index contributed by atoms with van der Waals surface area (Å²) >= 11 is 0. The number of carbonyl (C=O) groups is 2. The van der Waals surface area contributed by atoms with Crippen molar-refractivity contribution >= 4 is 11.9 Å². The second-order valence-electron chi connectivity index (χ2n) is 0.921. The second kappa shape index (κ2) is 4.60. The Kier molecular flexibility index (Phi) is 6.00. The molecule has 0 saturated heterocycles. The molecule has 0 atom stereocenters. The predicted molar refractivity (Wildman–Crippen MR) is 14.6 cm³/mol. The van der Waals surface area contributed by atoms with Gasteiger partial charge in [0.05, 0.1) is 0 Å². The number of carboxylic acids is 2. The van der Waals surface area contributed by atoms with Gasteiger partial charge in [-0.1, -0.05) is 0 Å². The third-order valence-corrected chi connectivity index (χ3v) is 0.289. The van der Waals surface area contributed by atoms with E-state index in [1.165, 1.54) is 0 Å². The first-order chi connectivity index (χ1) is 3.13. The Labute approximate surface area is 55.7 Å². The zero-order valence-electron chi connectivity index (χ0n) is 3.67. The van der Waals surface area contributed by atoms with E-state index in [-0.39, 0.29) is 16.8 Å². The van der Waals surface area contributed by atoms with Gasteiger partial charge in [0.1, 0.15) is 0 Å². The molecule has 0 unspecified atom stereocenters. The van der Waals surface area contributed by atoms with Crippen molar-refractivity contribution in [3.05, 3.63) is 0 Å². The Morgan fingerprint density at radius 3 is 1.38 bits per heavy atom. The van der Waals surface area contributed by atoms with E-state index in [1.54, 1.807) is 0 Å². The molecule has 8 heavy (non-hydrogen) atoms. The van der Waals surface area contributed by atoms with Crippen LogP contribution in [0.25, 0.3) is 0 Å². The first kappa shape index (κ1) is 10.4. The molecule has 0 N–H and O–H groups in total. The number of carboxylic acid groups (broad SMARTS) is 2. The molecular formula is C3H2CoO4. The monoisotopic (exact) mass is 161 g/mol. The molecule has 5 heteroatoms. The van der Waals surface area contributed by atoms with Gasteiger partial charge in [-0.15, -0.1) is 0 Å². The SMILES string of the molecule is O=C([O-])CC(=O)[O-].[Co+2]. The molecule has 1 radical (unpaired) electrons. The van der Waals surface area contributed by atoms with Crippen LogP contribution in [-0.2, 0) is 26.4 Å². The summed E-state index contributed by atoms with van der Waals surface area (Å²) in [7, 11) is 0. The molecule has 0 aromatic rings. The van der Waals surface area contributed by atoms with Crippen molar-refractivity contribution in [2.24, 2.45) is 0 Å². The number of hydrogen-bond donors (Lipinski definition) is 0. The van der Waals surface area contributed by atoms with Gasteiger partial charge < -0.3 is 19.8 Å². The fourth-order valence-electron chi connectivity index (χ4n) is 0.118. The van der Waals surface area contributed by atoms with Gasteiger partial charge in [-0.2, -0.15) is 0 Å². The van der Waals surface area contributed by atoms with Gasteiger partial charge in [-0.05, 0) is 0 Å². The molecule has 0 saturated carbocycles. The van der Waals surface area contributed by atoms with Gasteiger partial charge in [-0.25, -0.2) is 0 Å². The molecule has 0 bridgehead atoms. The Bertz CT molecular complexity index is 87.5.